The van der Waals surface area contributed by atoms with Crippen LogP contribution < -0.4 is 4.74 Å². The van der Waals surface area contributed by atoms with Crippen LogP contribution in [0.3, 0.4) is 0 Å². The van der Waals surface area contributed by atoms with E-state index in [0.717, 1.165) is 10.1 Å². The third-order valence-electron chi connectivity index (χ3n) is 1.92. The molecule has 0 unspecified atom stereocenters. The Hall–Kier alpha value is -0.970. The van der Waals surface area contributed by atoms with Gasteiger partial charge in [0.25, 0.3) is 0 Å². The van der Waals surface area contributed by atoms with Crippen molar-refractivity contribution in [3.05, 3.63) is 33.1 Å². The number of hydrogen-bond donors (Lipinski definition) is 0. The van der Waals surface area contributed by atoms with Crippen LogP contribution in [0.2, 0.25) is 5.02 Å². The van der Waals surface area contributed by atoms with Gasteiger partial charge in [-0.05, 0) is 18.2 Å². The van der Waals surface area contributed by atoms with Crippen molar-refractivity contribution in [3.8, 4) is 5.75 Å². The van der Waals surface area contributed by atoms with Crippen molar-refractivity contribution in [2.24, 2.45) is 0 Å². The van der Waals surface area contributed by atoms with E-state index in [0.29, 0.717) is 14.6 Å². The van der Waals surface area contributed by atoms with E-state index in [1.54, 1.807) is 12.1 Å². The zero-order valence-corrected chi connectivity index (χ0v) is 10.7. The highest BCUT2D eigenvalue weighted by molar-refractivity contribution is 7.73. The van der Waals surface area contributed by atoms with Crippen molar-refractivity contribution in [3.63, 3.8) is 0 Å². The summed E-state index contributed by atoms with van der Waals surface area (Å²) in [6.45, 7) is 1.36. The van der Waals surface area contributed by atoms with E-state index in [4.69, 9.17) is 28.6 Å². The first kappa shape index (κ1) is 11.5. The number of carbonyl (C=O) groups is 1. The van der Waals surface area contributed by atoms with Crippen molar-refractivity contribution in [2.45, 2.75) is 6.92 Å². The minimum absolute atomic E-state index is 0.359. The molecule has 1 aromatic carbocycles. The molecule has 0 aliphatic carbocycles. The molecule has 0 bridgehead atoms. The Morgan fingerprint density at radius 2 is 2.19 bits per heavy atom. The highest BCUT2D eigenvalue weighted by atomic mass is 35.5. The summed E-state index contributed by atoms with van der Waals surface area (Å²) in [6.07, 6.45) is 0. The lowest BCUT2D eigenvalue weighted by atomic mass is 10.2. The summed E-state index contributed by atoms with van der Waals surface area (Å²) in [6, 6.07) is 7.07. The first-order valence-corrected chi connectivity index (χ1v) is 6.08. The molecule has 2 aromatic rings. The van der Waals surface area contributed by atoms with E-state index in [1.807, 2.05) is 12.1 Å². The van der Waals surface area contributed by atoms with E-state index in [2.05, 4.69) is 0 Å². The van der Waals surface area contributed by atoms with Crippen LogP contribution in [0.15, 0.2) is 24.3 Å². The average molecular weight is 271 g/mol. The summed E-state index contributed by atoms with van der Waals surface area (Å²) in [5, 5.41) is 1.48. The van der Waals surface area contributed by atoms with E-state index in [-0.39, 0.29) is 5.97 Å². The molecular formula is C11H7ClO2S2. The van der Waals surface area contributed by atoms with Crippen molar-refractivity contribution in [1.29, 1.82) is 0 Å². The smallest absolute Gasteiger partial charge is 0.308 e. The van der Waals surface area contributed by atoms with Crippen LogP contribution in [0.25, 0.3) is 10.1 Å². The molecule has 0 N–H and O–H groups in total. The lowest BCUT2D eigenvalue weighted by Crippen LogP contribution is -2.01. The fourth-order valence-corrected chi connectivity index (χ4v) is 2.81. The normalized spacial score (nSPS) is 10.4. The zero-order chi connectivity index (χ0) is 11.7. The Bertz CT molecular complexity index is 619. The first-order chi connectivity index (χ1) is 7.56. The SMILES string of the molecule is CC(=O)Oc1cc(=S)sc2cc(Cl)ccc12. The van der Waals surface area contributed by atoms with E-state index >= 15 is 0 Å². The number of benzene rings is 1. The number of hydrogen-bond acceptors (Lipinski definition) is 4. The molecule has 2 rings (SSSR count). The molecule has 0 fully saturated rings. The van der Waals surface area contributed by atoms with Gasteiger partial charge < -0.3 is 4.74 Å². The van der Waals surface area contributed by atoms with Gasteiger partial charge in [-0.2, -0.15) is 0 Å². The Morgan fingerprint density at radius 3 is 2.88 bits per heavy atom. The molecule has 0 atom stereocenters. The average Bonchev–Trinajstić information content (AvgIpc) is 2.15. The quantitative estimate of drug-likeness (QED) is 0.574. The minimum atomic E-state index is -0.359. The fourth-order valence-electron chi connectivity index (χ4n) is 1.35. The third-order valence-corrected chi connectivity index (χ3v) is 3.40. The topological polar surface area (TPSA) is 26.3 Å². The lowest BCUT2D eigenvalue weighted by Gasteiger charge is -2.05. The van der Waals surface area contributed by atoms with Gasteiger partial charge in [0.15, 0.2) is 0 Å². The van der Waals surface area contributed by atoms with Crippen LogP contribution in [0.5, 0.6) is 5.75 Å². The molecule has 0 aliphatic rings. The van der Waals surface area contributed by atoms with Crippen molar-refractivity contribution < 1.29 is 9.53 Å². The molecule has 0 amide bonds. The monoisotopic (exact) mass is 270 g/mol. The highest BCUT2D eigenvalue weighted by Gasteiger charge is 2.06. The van der Waals surface area contributed by atoms with Gasteiger partial charge in [-0.1, -0.05) is 23.8 Å². The molecule has 2 nitrogen and oxygen atoms in total. The molecule has 1 aromatic heterocycles. The first-order valence-electron chi connectivity index (χ1n) is 4.48. The van der Waals surface area contributed by atoms with Gasteiger partial charge in [-0.3, -0.25) is 4.79 Å². The highest BCUT2D eigenvalue weighted by Crippen LogP contribution is 2.31. The van der Waals surface area contributed by atoms with Gasteiger partial charge >= 0.3 is 5.97 Å². The van der Waals surface area contributed by atoms with E-state index < -0.39 is 0 Å². The summed E-state index contributed by atoms with van der Waals surface area (Å²) in [5.74, 6) is 0.129. The van der Waals surface area contributed by atoms with Gasteiger partial charge in [-0.15, -0.1) is 11.3 Å². The zero-order valence-electron chi connectivity index (χ0n) is 8.32. The Kier molecular flexibility index (Phi) is 3.23. The number of carbonyl (C=O) groups excluding carboxylic acids is 1. The molecular weight excluding hydrogens is 264 g/mol. The van der Waals surface area contributed by atoms with Crippen LogP contribution in [0, 0.1) is 3.82 Å². The number of halogens is 1. The molecule has 0 saturated heterocycles. The Balaban J connectivity index is 2.72. The summed E-state index contributed by atoms with van der Waals surface area (Å²) >= 11 is 12.4. The van der Waals surface area contributed by atoms with Gasteiger partial charge in [-0.25, -0.2) is 0 Å². The van der Waals surface area contributed by atoms with Crippen molar-refractivity contribution in [2.75, 3.05) is 0 Å². The molecule has 0 aliphatic heterocycles. The maximum atomic E-state index is 11.0. The Morgan fingerprint density at radius 1 is 1.44 bits per heavy atom. The second kappa shape index (κ2) is 4.49. The van der Waals surface area contributed by atoms with Gasteiger partial charge in [0, 0.05) is 28.1 Å². The second-order valence-corrected chi connectivity index (χ2v) is 5.38. The number of esters is 1. The maximum absolute atomic E-state index is 11.0. The van der Waals surface area contributed by atoms with E-state index in [1.165, 1.54) is 18.3 Å². The molecule has 1 heterocycles. The van der Waals surface area contributed by atoms with Crippen LogP contribution in [0.1, 0.15) is 6.92 Å². The van der Waals surface area contributed by atoms with Crippen LogP contribution >= 0.6 is 35.2 Å². The largest absolute Gasteiger partial charge is 0.426 e. The summed E-state index contributed by atoms with van der Waals surface area (Å²) in [4.78, 5) is 11.0. The predicted molar refractivity (Wildman–Crippen MR) is 69.0 cm³/mol. The summed E-state index contributed by atoms with van der Waals surface area (Å²) < 4.78 is 6.68. The minimum Gasteiger partial charge on any atom is -0.426 e. The van der Waals surface area contributed by atoms with Crippen LogP contribution in [-0.4, -0.2) is 5.97 Å². The number of ether oxygens (including phenoxy) is 1. The third kappa shape index (κ3) is 2.40. The lowest BCUT2D eigenvalue weighted by molar-refractivity contribution is -0.131. The standard InChI is InChI=1S/C11H7ClO2S2/c1-6(13)14-9-5-11(15)16-10-4-7(12)2-3-8(9)10/h2-5H,1H3. The molecule has 0 saturated carbocycles. The maximum Gasteiger partial charge on any atom is 0.308 e. The summed E-state index contributed by atoms with van der Waals surface area (Å²) in [7, 11) is 0. The molecule has 82 valence electrons. The molecule has 0 radical (unpaired) electrons. The van der Waals surface area contributed by atoms with E-state index in [9.17, 15) is 4.79 Å². The summed E-state index contributed by atoms with van der Waals surface area (Å²) in [5.41, 5.74) is 0. The van der Waals surface area contributed by atoms with Gasteiger partial charge in [0.2, 0.25) is 0 Å². The van der Waals surface area contributed by atoms with Crippen molar-refractivity contribution >= 4 is 51.2 Å². The number of fused-ring (bicyclic) bond motifs is 1. The van der Waals surface area contributed by atoms with Gasteiger partial charge in [0.05, 0.1) is 3.82 Å². The van der Waals surface area contributed by atoms with Crippen molar-refractivity contribution in [1.82, 2.24) is 0 Å². The van der Waals surface area contributed by atoms with Gasteiger partial charge in [0.1, 0.15) is 5.75 Å². The molecule has 0 spiro atoms. The second-order valence-electron chi connectivity index (χ2n) is 3.16. The molecule has 5 heteroatoms. The fraction of sp³-hybridized carbons (Fsp3) is 0.0909. The Labute approximate surface area is 106 Å². The number of rotatable bonds is 1. The van der Waals surface area contributed by atoms with Crippen LogP contribution in [0.4, 0.5) is 0 Å². The van der Waals surface area contributed by atoms with Crippen LogP contribution in [-0.2, 0) is 4.79 Å². The molecule has 16 heavy (non-hydrogen) atoms. The predicted octanol–water partition coefficient (Wildman–Crippen LogP) is 4.21.